The minimum Gasteiger partial charge on any atom is -0.366 e. The molecule has 0 fully saturated rings. The standard InChI is InChI=1S/C19H21N3O4S/c1-21(12-13-4-3-5-15(10-13)18(20)23)19(24)16-6-7-17-14(11-16)8-9-22(17)27(2,25)26/h3-7,10-11H,8-9,12H2,1-2H3,(H2,20,23). The Kier molecular flexibility index (Phi) is 4.93. The Hall–Kier alpha value is -2.87. The van der Waals surface area contributed by atoms with E-state index < -0.39 is 15.9 Å². The van der Waals surface area contributed by atoms with Gasteiger partial charge in [0, 0.05) is 31.3 Å². The van der Waals surface area contributed by atoms with Gasteiger partial charge in [-0.1, -0.05) is 12.1 Å². The van der Waals surface area contributed by atoms with Gasteiger partial charge in [0.1, 0.15) is 0 Å². The molecule has 2 aromatic carbocycles. The maximum absolute atomic E-state index is 12.7. The van der Waals surface area contributed by atoms with Crippen molar-refractivity contribution in [1.82, 2.24) is 4.90 Å². The molecule has 2 aromatic rings. The summed E-state index contributed by atoms with van der Waals surface area (Å²) in [5.74, 6) is -0.694. The second-order valence-corrected chi connectivity index (χ2v) is 8.56. The molecule has 0 aromatic heterocycles. The average molecular weight is 387 g/mol. The van der Waals surface area contributed by atoms with Crippen LogP contribution in [0, 0.1) is 0 Å². The van der Waals surface area contributed by atoms with Gasteiger partial charge in [0.05, 0.1) is 11.9 Å². The van der Waals surface area contributed by atoms with Crippen molar-refractivity contribution >= 4 is 27.5 Å². The van der Waals surface area contributed by atoms with Crippen LogP contribution >= 0.6 is 0 Å². The van der Waals surface area contributed by atoms with Crippen LogP contribution in [0.2, 0.25) is 0 Å². The molecule has 2 N–H and O–H groups in total. The Balaban J connectivity index is 1.78. The number of rotatable bonds is 5. The number of carbonyl (C=O) groups is 2. The summed E-state index contributed by atoms with van der Waals surface area (Å²) in [5.41, 5.74) is 8.46. The van der Waals surface area contributed by atoms with Crippen molar-refractivity contribution in [3.05, 3.63) is 64.7 Å². The molecule has 0 saturated carbocycles. The summed E-state index contributed by atoms with van der Waals surface area (Å²) in [6, 6.07) is 11.9. The highest BCUT2D eigenvalue weighted by Crippen LogP contribution is 2.31. The summed E-state index contributed by atoms with van der Waals surface area (Å²) in [6.07, 6.45) is 1.75. The van der Waals surface area contributed by atoms with Crippen LogP contribution in [0.5, 0.6) is 0 Å². The van der Waals surface area contributed by atoms with Crippen LogP contribution in [0.25, 0.3) is 0 Å². The quantitative estimate of drug-likeness (QED) is 0.837. The second kappa shape index (κ2) is 7.03. The molecule has 0 unspecified atom stereocenters. The molecule has 0 radical (unpaired) electrons. The molecule has 3 rings (SSSR count). The first-order valence-corrected chi connectivity index (χ1v) is 10.3. The number of nitrogens with two attached hydrogens (primary N) is 1. The molecule has 1 aliphatic heterocycles. The molecule has 1 heterocycles. The van der Waals surface area contributed by atoms with E-state index in [2.05, 4.69) is 0 Å². The monoisotopic (exact) mass is 387 g/mol. The Labute approximate surface area is 158 Å². The highest BCUT2D eigenvalue weighted by atomic mass is 32.2. The zero-order chi connectivity index (χ0) is 19.8. The van der Waals surface area contributed by atoms with Crippen LogP contribution in [0.3, 0.4) is 0 Å². The van der Waals surface area contributed by atoms with Crippen LogP contribution < -0.4 is 10.0 Å². The summed E-state index contributed by atoms with van der Waals surface area (Å²) in [4.78, 5) is 25.6. The fourth-order valence-corrected chi connectivity index (χ4v) is 4.20. The first-order valence-electron chi connectivity index (χ1n) is 8.41. The van der Waals surface area contributed by atoms with Gasteiger partial charge in [-0.05, 0) is 47.9 Å². The third-order valence-corrected chi connectivity index (χ3v) is 5.74. The molecule has 0 atom stereocenters. The van der Waals surface area contributed by atoms with Gasteiger partial charge in [-0.3, -0.25) is 13.9 Å². The lowest BCUT2D eigenvalue weighted by atomic mass is 10.1. The van der Waals surface area contributed by atoms with E-state index >= 15 is 0 Å². The fraction of sp³-hybridized carbons (Fsp3) is 0.263. The molecular formula is C19H21N3O4S. The smallest absolute Gasteiger partial charge is 0.253 e. The number of fused-ring (bicyclic) bond motifs is 1. The number of amides is 2. The van der Waals surface area contributed by atoms with E-state index in [1.54, 1.807) is 48.3 Å². The van der Waals surface area contributed by atoms with E-state index in [9.17, 15) is 18.0 Å². The van der Waals surface area contributed by atoms with Crippen LogP contribution in [0.4, 0.5) is 5.69 Å². The molecule has 8 heteroatoms. The van der Waals surface area contributed by atoms with Crippen molar-refractivity contribution in [3.63, 3.8) is 0 Å². The lowest BCUT2D eigenvalue weighted by Crippen LogP contribution is -2.28. The van der Waals surface area contributed by atoms with Crippen LogP contribution in [-0.2, 0) is 23.0 Å². The summed E-state index contributed by atoms with van der Waals surface area (Å²) in [7, 11) is -1.64. The number of anilines is 1. The van der Waals surface area contributed by atoms with E-state index in [4.69, 9.17) is 5.73 Å². The minimum absolute atomic E-state index is 0.180. The fourth-order valence-electron chi connectivity index (χ4n) is 3.24. The highest BCUT2D eigenvalue weighted by molar-refractivity contribution is 7.92. The third kappa shape index (κ3) is 3.95. The van der Waals surface area contributed by atoms with Gasteiger partial charge in [0.15, 0.2) is 0 Å². The number of primary amides is 1. The molecule has 27 heavy (non-hydrogen) atoms. The average Bonchev–Trinajstić information content (AvgIpc) is 3.04. The molecule has 0 aliphatic carbocycles. The number of carbonyl (C=O) groups excluding carboxylic acids is 2. The number of sulfonamides is 1. The van der Waals surface area contributed by atoms with E-state index in [1.165, 1.54) is 10.6 Å². The van der Waals surface area contributed by atoms with E-state index in [0.717, 1.165) is 11.1 Å². The SMILES string of the molecule is CN(Cc1cccc(C(N)=O)c1)C(=O)c1ccc2c(c1)CCN2S(C)(=O)=O. The first-order chi connectivity index (χ1) is 12.7. The van der Waals surface area contributed by atoms with Gasteiger partial charge >= 0.3 is 0 Å². The Morgan fingerprint density at radius 2 is 1.89 bits per heavy atom. The zero-order valence-electron chi connectivity index (χ0n) is 15.2. The predicted molar refractivity (Wildman–Crippen MR) is 103 cm³/mol. The lowest BCUT2D eigenvalue weighted by molar-refractivity contribution is 0.0785. The molecule has 2 amide bonds. The van der Waals surface area contributed by atoms with Gasteiger partial charge in [-0.15, -0.1) is 0 Å². The van der Waals surface area contributed by atoms with Gasteiger partial charge in [-0.2, -0.15) is 0 Å². The molecule has 1 aliphatic rings. The largest absolute Gasteiger partial charge is 0.366 e. The van der Waals surface area contributed by atoms with E-state index in [0.29, 0.717) is 36.3 Å². The molecular weight excluding hydrogens is 366 g/mol. The second-order valence-electron chi connectivity index (χ2n) is 6.65. The van der Waals surface area contributed by atoms with Crippen LogP contribution in [-0.4, -0.2) is 45.0 Å². The van der Waals surface area contributed by atoms with Gasteiger partial charge in [-0.25, -0.2) is 8.42 Å². The highest BCUT2D eigenvalue weighted by Gasteiger charge is 2.27. The van der Waals surface area contributed by atoms with Crippen molar-refractivity contribution in [3.8, 4) is 0 Å². The normalized spacial score (nSPS) is 13.3. The van der Waals surface area contributed by atoms with Crippen molar-refractivity contribution in [2.75, 3.05) is 24.2 Å². The summed E-state index contributed by atoms with van der Waals surface area (Å²) in [5, 5.41) is 0. The molecule has 0 spiro atoms. The lowest BCUT2D eigenvalue weighted by Gasteiger charge is -2.19. The summed E-state index contributed by atoms with van der Waals surface area (Å²) >= 11 is 0. The minimum atomic E-state index is -3.32. The predicted octanol–water partition coefficient (Wildman–Crippen LogP) is 1.38. The van der Waals surface area contributed by atoms with Crippen LogP contribution in [0.1, 0.15) is 31.8 Å². The number of benzene rings is 2. The Bertz CT molecular complexity index is 1020. The first kappa shape index (κ1) is 18.9. The molecule has 7 nitrogen and oxygen atoms in total. The number of hydrogen-bond acceptors (Lipinski definition) is 4. The number of hydrogen-bond donors (Lipinski definition) is 1. The molecule has 0 saturated heterocycles. The van der Waals surface area contributed by atoms with Crippen molar-refractivity contribution < 1.29 is 18.0 Å². The summed E-state index contributed by atoms with van der Waals surface area (Å²) in [6.45, 7) is 0.716. The Morgan fingerprint density at radius 3 is 2.56 bits per heavy atom. The third-order valence-electron chi connectivity index (χ3n) is 4.56. The van der Waals surface area contributed by atoms with E-state index in [-0.39, 0.29) is 5.91 Å². The van der Waals surface area contributed by atoms with Crippen molar-refractivity contribution in [2.45, 2.75) is 13.0 Å². The van der Waals surface area contributed by atoms with Gasteiger partial charge in [0.2, 0.25) is 15.9 Å². The van der Waals surface area contributed by atoms with E-state index in [1.807, 2.05) is 6.07 Å². The maximum Gasteiger partial charge on any atom is 0.253 e. The van der Waals surface area contributed by atoms with Crippen molar-refractivity contribution in [1.29, 1.82) is 0 Å². The zero-order valence-corrected chi connectivity index (χ0v) is 16.0. The van der Waals surface area contributed by atoms with Crippen molar-refractivity contribution in [2.24, 2.45) is 5.73 Å². The Morgan fingerprint density at radius 1 is 1.15 bits per heavy atom. The number of nitrogens with zero attached hydrogens (tertiary/aromatic N) is 2. The van der Waals surface area contributed by atoms with Gasteiger partial charge < -0.3 is 10.6 Å². The molecule has 142 valence electrons. The van der Waals surface area contributed by atoms with Gasteiger partial charge in [0.25, 0.3) is 5.91 Å². The summed E-state index contributed by atoms with van der Waals surface area (Å²) < 4.78 is 25.0. The van der Waals surface area contributed by atoms with Crippen LogP contribution in [0.15, 0.2) is 42.5 Å². The maximum atomic E-state index is 12.7. The molecule has 0 bridgehead atoms. The topological polar surface area (TPSA) is 101 Å².